The molecule has 0 spiro atoms. The van der Waals surface area contributed by atoms with Gasteiger partial charge in [-0.2, -0.15) is 5.26 Å². The molecule has 5 heteroatoms. The molecule has 2 heterocycles. The van der Waals surface area contributed by atoms with E-state index < -0.39 is 0 Å². The van der Waals surface area contributed by atoms with E-state index in [0.717, 1.165) is 30.5 Å². The van der Waals surface area contributed by atoms with Gasteiger partial charge in [0.25, 0.3) is 0 Å². The van der Waals surface area contributed by atoms with E-state index in [4.69, 9.17) is 9.47 Å². The zero-order valence-electron chi connectivity index (χ0n) is 13.7. The van der Waals surface area contributed by atoms with Crippen LogP contribution in [0.1, 0.15) is 50.2 Å². The number of fused-ring (bicyclic) bond motifs is 1. The van der Waals surface area contributed by atoms with Crippen LogP contribution in [-0.2, 0) is 9.47 Å². The third kappa shape index (κ3) is 3.55. The van der Waals surface area contributed by atoms with E-state index in [1.54, 1.807) is 0 Å². The molecule has 2 aliphatic rings. The smallest absolute Gasteiger partial charge is 0.157 e. The molecule has 0 saturated carbocycles. The largest absolute Gasteiger partial charge is 0.367 e. The van der Waals surface area contributed by atoms with Crippen molar-refractivity contribution < 1.29 is 9.47 Å². The molecule has 1 fully saturated rings. The minimum absolute atomic E-state index is 0.0668. The van der Waals surface area contributed by atoms with Crippen LogP contribution in [0.25, 0.3) is 0 Å². The van der Waals surface area contributed by atoms with E-state index in [9.17, 15) is 5.26 Å². The van der Waals surface area contributed by atoms with Crippen molar-refractivity contribution in [2.24, 2.45) is 0 Å². The maximum absolute atomic E-state index is 9.25. The van der Waals surface area contributed by atoms with Crippen molar-refractivity contribution in [2.75, 3.05) is 24.7 Å². The Balaban J connectivity index is 1.80. The quantitative estimate of drug-likeness (QED) is 0.788. The SMILES string of the molecule is CC(C)N1CC(COC2CCCCO2)c2cc(C#N)cc(Br)c21. The van der Waals surface area contributed by atoms with E-state index in [1.165, 1.54) is 17.7 Å². The molecule has 0 bridgehead atoms. The first-order valence-corrected chi connectivity index (χ1v) is 9.13. The minimum Gasteiger partial charge on any atom is -0.367 e. The van der Waals surface area contributed by atoms with Crippen LogP contribution < -0.4 is 4.90 Å². The molecule has 2 aliphatic heterocycles. The third-order valence-electron chi connectivity index (χ3n) is 4.61. The Hall–Kier alpha value is -1.09. The van der Waals surface area contributed by atoms with E-state index >= 15 is 0 Å². The summed E-state index contributed by atoms with van der Waals surface area (Å²) >= 11 is 3.64. The fourth-order valence-corrected chi connectivity index (χ4v) is 4.11. The normalized spacial score (nSPS) is 23.9. The molecule has 23 heavy (non-hydrogen) atoms. The maximum Gasteiger partial charge on any atom is 0.157 e. The van der Waals surface area contributed by atoms with Gasteiger partial charge >= 0.3 is 0 Å². The predicted octanol–water partition coefficient (Wildman–Crippen LogP) is 4.18. The Kier molecular flexibility index (Phi) is 5.25. The van der Waals surface area contributed by atoms with Crippen molar-refractivity contribution in [3.63, 3.8) is 0 Å². The van der Waals surface area contributed by atoms with Gasteiger partial charge in [0.1, 0.15) is 0 Å². The third-order valence-corrected chi connectivity index (χ3v) is 5.22. The molecule has 0 amide bonds. The second kappa shape index (κ2) is 7.21. The topological polar surface area (TPSA) is 45.5 Å². The molecule has 0 N–H and O–H groups in total. The average molecular weight is 379 g/mol. The van der Waals surface area contributed by atoms with Crippen LogP contribution in [0.4, 0.5) is 5.69 Å². The van der Waals surface area contributed by atoms with Gasteiger partial charge in [-0.25, -0.2) is 0 Å². The Morgan fingerprint density at radius 2 is 2.26 bits per heavy atom. The van der Waals surface area contributed by atoms with Crippen LogP contribution in [0.15, 0.2) is 16.6 Å². The van der Waals surface area contributed by atoms with Crippen LogP contribution in [0.2, 0.25) is 0 Å². The monoisotopic (exact) mass is 378 g/mol. The standard InChI is InChI=1S/C18H23BrN2O2/c1-12(2)21-10-14(11-23-17-5-3-4-6-22-17)15-7-13(9-20)8-16(19)18(15)21/h7-8,12,14,17H,3-6,10-11H2,1-2H3. The summed E-state index contributed by atoms with van der Waals surface area (Å²) in [5, 5.41) is 9.25. The molecule has 4 nitrogen and oxygen atoms in total. The molecule has 124 valence electrons. The molecule has 2 atom stereocenters. The Morgan fingerprint density at radius 3 is 2.91 bits per heavy atom. The summed E-state index contributed by atoms with van der Waals surface area (Å²) in [7, 11) is 0. The van der Waals surface area contributed by atoms with Crippen LogP contribution in [0.5, 0.6) is 0 Å². The Labute approximate surface area is 146 Å². The highest BCUT2D eigenvalue weighted by Gasteiger charge is 2.33. The minimum atomic E-state index is -0.0668. The van der Waals surface area contributed by atoms with E-state index in [0.29, 0.717) is 18.2 Å². The first-order chi connectivity index (χ1) is 11.1. The van der Waals surface area contributed by atoms with Gasteiger partial charge in [-0.15, -0.1) is 0 Å². The van der Waals surface area contributed by atoms with E-state index in [-0.39, 0.29) is 12.2 Å². The lowest BCUT2D eigenvalue weighted by atomic mass is 10.00. The lowest BCUT2D eigenvalue weighted by Gasteiger charge is -2.26. The van der Waals surface area contributed by atoms with Crippen LogP contribution >= 0.6 is 15.9 Å². The van der Waals surface area contributed by atoms with Crippen LogP contribution in [-0.4, -0.2) is 32.1 Å². The lowest BCUT2D eigenvalue weighted by Crippen LogP contribution is -2.31. The van der Waals surface area contributed by atoms with Gasteiger partial charge in [0.15, 0.2) is 6.29 Å². The van der Waals surface area contributed by atoms with Gasteiger partial charge in [-0.3, -0.25) is 0 Å². The molecular weight excluding hydrogens is 356 g/mol. The molecular formula is C18H23BrN2O2. The molecule has 0 aliphatic carbocycles. The van der Waals surface area contributed by atoms with Crippen LogP contribution in [0, 0.1) is 11.3 Å². The van der Waals surface area contributed by atoms with Gasteiger partial charge < -0.3 is 14.4 Å². The zero-order valence-corrected chi connectivity index (χ0v) is 15.3. The number of nitriles is 1. The number of rotatable bonds is 4. The zero-order chi connectivity index (χ0) is 16.4. The average Bonchev–Trinajstić information content (AvgIpc) is 2.93. The van der Waals surface area contributed by atoms with Crippen LogP contribution in [0.3, 0.4) is 0 Å². The van der Waals surface area contributed by atoms with Crippen molar-refractivity contribution in [1.82, 2.24) is 0 Å². The molecule has 0 radical (unpaired) electrons. The fraction of sp³-hybridized carbons (Fsp3) is 0.611. The summed E-state index contributed by atoms with van der Waals surface area (Å²) in [5.74, 6) is 0.280. The summed E-state index contributed by atoms with van der Waals surface area (Å²) in [6, 6.07) is 6.58. The van der Waals surface area contributed by atoms with Gasteiger partial charge in [-0.05, 0) is 66.7 Å². The second-order valence-electron chi connectivity index (χ2n) is 6.58. The van der Waals surface area contributed by atoms with Crippen molar-refractivity contribution in [1.29, 1.82) is 5.26 Å². The molecule has 2 unspecified atom stereocenters. The van der Waals surface area contributed by atoms with Gasteiger partial charge in [0, 0.05) is 29.6 Å². The number of halogens is 1. The Bertz CT molecular complexity index is 606. The predicted molar refractivity (Wildman–Crippen MR) is 93.6 cm³/mol. The van der Waals surface area contributed by atoms with E-state index in [1.807, 2.05) is 12.1 Å². The molecule has 3 rings (SSSR count). The first kappa shape index (κ1) is 16.8. The molecule has 1 aromatic carbocycles. The summed E-state index contributed by atoms with van der Waals surface area (Å²) in [5.41, 5.74) is 3.11. The highest BCUT2D eigenvalue weighted by molar-refractivity contribution is 9.10. The Morgan fingerprint density at radius 1 is 1.43 bits per heavy atom. The van der Waals surface area contributed by atoms with Crippen molar-refractivity contribution in [3.05, 3.63) is 27.7 Å². The number of benzene rings is 1. The highest BCUT2D eigenvalue weighted by atomic mass is 79.9. The van der Waals surface area contributed by atoms with Crippen molar-refractivity contribution in [2.45, 2.75) is 51.4 Å². The number of hydrogen-bond donors (Lipinski definition) is 0. The maximum atomic E-state index is 9.25. The summed E-state index contributed by atoms with van der Waals surface area (Å²) in [4.78, 5) is 2.39. The number of ether oxygens (including phenoxy) is 2. The van der Waals surface area contributed by atoms with Gasteiger partial charge in [0.05, 0.1) is 23.9 Å². The van der Waals surface area contributed by atoms with E-state index in [2.05, 4.69) is 40.7 Å². The summed E-state index contributed by atoms with van der Waals surface area (Å²) < 4.78 is 12.7. The van der Waals surface area contributed by atoms with Gasteiger partial charge in [0.2, 0.25) is 0 Å². The highest BCUT2D eigenvalue weighted by Crippen LogP contribution is 2.43. The number of nitrogens with zero attached hydrogens (tertiary/aromatic N) is 2. The fourth-order valence-electron chi connectivity index (χ4n) is 3.40. The lowest BCUT2D eigenvalue weighted by molar-refractivity contribution is -0.164. The van der Waals surface area contributed by atoms with Crippen molar-refractivity contribution in [3.8, 4) is 6.07 Å². The second-order valence-corrected chi connectivity index (χ2v) is 7.43. The first-order valence-electron chi connectivity index (χ1n) is 8.33. The molecule has 1 saturated heterocycles. The van der Waals surface area contributed by atoms with Gasteiger partial charge in [-0.1, -0.05) is 0 Å². The molecule has 0 aromatic heterocycles. The number of hydrogen-bond acceptors (Lipinski definition) is 4. The number of anilines is 1. The molecule has 1 aromatic rings. The van der Waals surface area contributed by atoms with Crippen molar-refractivity contribution >= 4 is 21.6 Å². The summed E-state index contributed by atoms with van der Waals surface area (Å²) in [6.07, 6.45) is 3.22. The summed E-state index contributed by atoms with van der Waals surface area (Å²) in [6.45, 7) is 6.76.